The van der Waals surface area contributed by atoms with Crippen LogP contribution in [0.2, 0.25) is 0 Å². The Hall–Kier alpha value is -0.320. The molecule has 0 saturated carbocycles. The Morgan fingerprint density at radius 3 is 2.94 bits per heavy atom. The molecule has 0 aliphatic carbocycles. The van der Waals surface area contributed by atoms with Crippen molar-refractivity contribution in [3.05, 3.63) is 28.5 Å². The minimum atomic E-state index is -0.249. The van der Waals surface area contributed by atoms with Crippen molar-refractivity contribution >= 4 is 28.3 Å². The zero-order valence-electron chi connectivity index (χ0n) is 10.1. The Kier molecular flexibility index (Phi) is 6.97. The van der Waals surface area contributed by atoms with Crippen LogP contribution in [0.4, 0.5) is 4.39 Å². The molecule has 1 aromatic rings. The predicted octanol–water partition coefficient (Wildman–Crippen LogP) is 3.78. The first kappa shape index (κ1) is 15.7. The van der Waals surface area contributed by atoms with E-state index >= 15 is 0 Å². The summed E-state index contributed by atoms with van der Waals surface area (Å²) in [5, 5.41) is 3.39. The van der Waals surface area contributed by atoms with Crippen LogP contribution in [0.5, 0.6) is 5.75 Å². The van der Waals surface area contributed by atoms with Gasteiger partial charge < -0.3 is 10.1 Å². The lowest BCUT2D eigenvalue weighted by Crippen LogP contribution is -2.30. The Balaban J connectivity index is 0.00000162. The maximum absolute atomic E-state index is 12.9. The van der Waals surface area contributed by atoms with Crippen molar-refractivity contribution in [2.45, 2.75) is 19.3 Å². The van der Waals surface area contributed by atoms with E-state index in [1.54, 1.807) is 6.07 Å². The van der Waals surface area contributed by atoms with Gasteiger partial charge in [-0.15, -0.1) is 12.4 Å². The number of hydrogen-bond donors (Lipinski definition) is 1. The van der Waals surface area contributed by atoms with Gasteiger partial charge in [-0.3, -0.25) is 0 Å². The van der Waals surface area contributed by atoms with Crippen LogP contribution in [-0.2, 0) is 0 Å². The standard InChI is InChI=1S/C13H17BrFNO.ClH/c14-12-8-11(15)3-4-13(12)17-7-5-10-2-1-6-16-9-10;/h3-4,8,10,16H,1-2,5-7,9H2;1H. The lowest BCUT2D eigenvalue weighted by Gasteiger charge is -2.22. The van der Waals surface area contributed by atoms with Crippen molar-refractivity contribution in [1.29, 1.82) is 0 Å². The van der Waals surface area contributed by atoms with Crippen LogP contribution in [0, 0.1) is 11.7 Å². The molecule has 1 saturated heterocycles. The van der Waals surface area contributed by atoms with E-state index in [1.165, 1.54) is 25.0 Å². The number of hydrogen-bond acceptors (Lipinski definition) is 2. The van der Waals surface area contributed by atoms with E-state index < -0.39 is 0 Å². The molecule has 5 heteroatoms. The highest BCUT2D eigenvalue weighted by Gasteiger charge is 2.13. The summed E-state index contributed by atoms with van der Waals surface area (Å²) < 4.78 is 19.2. The zero-order chi connectivity index (χ0) is 12.1. The number of halogens is 3. The summed E-state index contributed by atoms with van der Waals surface area (Å²) in [6, 6.07) is 4.51. The lowest BCUT2D eigenvalue weighted by molar-refractivity contribution is 0.253. The average Bonchev–Trinajstić information content (AvgIpc) is 2.33. The molecule has 0 spiro atoms. The van der Waals surface area contributed by atoms with Gasteiger partial charge in [0.15, 0.2) is 0 Å². The number of nitrogens with one attached hydrogen (secondary N) is 1. The van der Waals surface area contributed by atoms with Crippen molar-refractivity contribution in [3.63, 3.8) is 0 Å². The third-order valence-electron chi connectivity index (χ3n) is 3.08. The van der Waals surface area contributed by atoms with E-state index in [0.717, 1.165) is 25.3 Å². The fourth-order valence-corrected chi connectivity index (χ4v) is 2.56. The number of benzene rings is 1. The Morgan fingerprint density at radius 1 is 1.44 bits per heavy atom. The molecule has 102 valence electrons. The van der Waals surface area contributed by atoms with E-state index in [2.05, 4.69) is 21.2 Å². The molecule has 1 heterocycles. The summed E-state index contributed by atoms with van der Waals surface area (Å²) in [7, 11) is 0. The average molecular weight is 339 g/mol. The summed E-state index contributed by atoms with van der Waals surface area (Å²) in [5.41, 5.74) is 0. The monoisotopic (exact) mass is 337 g/mol. The van der Waals surface area contributed by atoms with Crippen LogP contribution in [0.25, 0.3) is 0 Å². The number of piperidine rings is 1. The maximum Gasteiger partial charge on any atom is 0.133 e. The fourth-order valence-electron chi connectivity index (χ4n) is 2.10. The summed E-state index contributed by atoms with van der Waals surface area (Å²) in [6.45, 7) is 2.92. The SMILES string of the molecule is Cl.Fc1ccc(OCCC2CCCNC2)c(Br)c1. The van der Waals surface area contributed by atoms with Crippen molar-refractivity contribution in [3.8, 4) is 5.75 Å². The molecule has 0 bridgehead atoms. The van der Waals surface area contributed by atoms with Crippen LogP contribution in [0.1, 0.15) is 19.3 Å². The summed E-state index contributed by atoms with van der Waals surface area (Å²) in [6.07, 6.45) is 3.59. The van der Waals surface area contributed by atoms with Gasteiger partial charge in [-0.05, 0) is 72.4 Å². The Morgan fingerprint density at radius 2 is 2.28 bits per heavy atom. The molecule has 1 aliphatic heterocycles. The van der Waals surface area contributed by atoms with Gasteiger partial charge >= 0.3 is 0 Å². The maximum atomic E-state index is 12.9. The van der Waals surface area contributed by atoms with Gasteiger partial charge in [0.25, 0.3) is 0 Å². The summed E-state index contributed by atoms with van der Waals surface area (Å²) >= 11 is 3.30. The van der Waals surface area contributed by atoms with E-state index in [9.17, 15) is 4.39 Å². The van der Waals surface area contributed by atoms with Gasteiger partial charge in [0.05, 0.1) is 11.1 Å². The molecule has 1 N–H and O–H groups in total. The second kappa shape index (κ2) is 7.97. The minimum Gasteiger partial charge on any atom is -0.492 e. The van der Waals surface area contributed by atoms with Crippen LogP contribution in [0.3, 0.4) is 0 Å². The van der Waals surface area contributed by atoms with Gasteiger partial charge in [-0.2, -0.15) is 0 Å². The minimum absolute atomic E-state index is 0. The van der Waals surface area contributed by atoms with Crippen LogP contribution >= 0.6 is 28.3 Å². The lowest BCUT2D eigenvalue weighted by atomic mass is 9.97. The van der Waals surface area contributed by atoms with E-state index in [4.69, 9.17) is 4.74 Å². The first-order valence-corrected chi connectivity index (χ1v) is 6.83. The fraction of sp³-hybridized carbons (Fsp3) is 0.538. The molecule has 1 atom stereocenters. The zero-order valence-corrected chi connectivity index (χ0v) is 12.5. The third-order valence-corrected chi connectivity index (χ3v) is 3.70. The highest BCUT2D eigenvalue weighted by molar-refractivity contribution is 9.10. The highest BCUT2D eigenvalue weighted by atomic mass is 79.9. The molecular weight excluding hydrogens is 321 g/mol. The van der Waals surface area contributed by atoms with Crippen molar-refractivity contribution in [1.82, 2.24) is 5.32 Å². The molecule has 1 fully saturated rings. The van der Waals surface area contributed by atoms with Gasteiger partial charge in [0, 0.05) is 0 Å². The smallest absolute Gasteiger partial charge is 0.133 e. The molecule has 18 heavy (non-hydrogen) atoms. The molecule has 0 radical (unpaired) electrons. The van der Waals surface area contributed by atoms with Crippen molar-refractivity contribution < 1.29 is 9.13 Å². The van der Waals surface area contributed by atoms with Crippen LogP contribution in [-0.4, -0.2) is 19.7 Å². The highest BCUT2D eigenvalue weighted by Crippen LogP contribution is 2.26. The Labute approximate surface area is 122 Å². The second-order valence-corrected chi connectivity index (χ2v) is 5.28. The molecule has 0 amide bonds. The van der Waals surface area contributed by atoms with E-state index in [1.807, 2.05) is 0 Å². The number of rotatable bonds is 4. The topological polar surface area (TPSA) is 21.3 Å². The van der Waals surface area contributed by atoms with E-state index in [-0.39, 0.29) is 18.2 Å². The number of ether oxygens (including phenoxy) is 1. The molecule has 1 unspecified atom stereocenters. The van der Waals surface area contributed by atoms with Gasteiger partial charge in [-0.25, -0.2) is 4.39 Å². The summed E-state index contributed by atoms with van der Waals surface area (Å²) in [4.78, 5) is 0. The van der Waals surface area contributed by atoms with Crippen molar-refractivity contribution in [2.24, 2.45) is 5.92 Å². The van der Waals surface area contributed by atoms with Gasteiger partial charge in [-0.1, -0.05) is 0 Å². The molecule has 2 nitrogen and oxygen atoms in total. The van der Waals surface area contributed by atoms with Crippen molar-refractivity contribution in [2.75, 3.05) is 19.7 Å². The second-order valence-electron chi connectivity index (χ2n) is 4.42. The normalized spacial score (nSPS) is 19.1. The van der Waals surface area contributed by atoms with Crippen LogP contribution < -0.4 is 10.1 Å². The third kappa shape index (κ3) is 4.75. The Bertz CT molecular complexity index is 372. The largest absolute Gasteiger partial charge is 0.492 e. The van der Waals surface area contributed by atoms with Crippen LogP contribution in [0.15, 0.2) is 22.7 Å². The molecule has 1 aromatic carbocycles. The molecule has 0 aromatic heterocycles. The molecule has 2 rings (SSSR count). The van der Waals surface area contributed by atoms with Gasteiger partial charge in [0.1, 0.15) is 11.6 Å². The molecular formula is C13H18BrClFNO. The van der Waals surface area contributed by atoms with E-state index in [0.29, 0.717) is 17.0 Å². The quantitative estimate of drug-likeness (QED) is 0.902. The first-order chi connectivity index (χ1) is 8.25. The first-order valence-electron chi connectivity index (χ1n) is 6.04. The van der Waals surface area contributed by atoms with Gasteiger partial charge in [0.2, 0.25) is 0 Å². The predicted molar refractivity (Wildman–Crippen MR) is 77.1 cm³/mol. The molecule has 1 aliphatic rings. The summed E-state index contributed by atoms with van der Waals surface area (Å²) in [5.74, 6) is 1.18.